The average molecular weight is 533 g/mol. The Kier molecular flexibility index (Phi) is 7.62. The second-order valence-corrected chi connectivity index (χ2v) is 10.4. The largest absolute Gasteiger partial charge is 0.507 e. The number of carbonyl (C=O) groups is 3. The zero-order valence-corrected chi connectivity index (χ0v) is 22.0. The van der Waals surface area contributed by atoms with Crippen LogP contribution >= 0.6 is 0 Å². The number of phenols is 1. The fourth-order valence-electron chi connectivity index (χ4n) is 6.50. The first-order chi connectivity index (χ1) is 18.8. The van der Waals surface area contributed by atoms with Crippen molar-refractivity contribution >= 4 is 41.9 Å². The lowest BCUT2D eigenvalue weighted by Crippen LogP contribution is -2.46. The summed E-state index contributed by atoms with van der Waals surface area (Å²) < 4.78 is 10.6. The number of methoxy groups -OCH3 is 1. The molecule has 2 fully saturated rings. The second kappa shape index (κ2) is 11.0. The molecular weight excluding hydrogens is 501 g/mol. The number of aliphatic hydroxyl groups excluding tert-OH is 1. The topological polar surface area (TPSA) is 134 Å². The van der Waals surface area contributed by atoms with Crippen molar-refractivity contribution in [3.8, 4) is 5.75 Å². The summed E-state index contributed by atoms with van der Waals surface area (Å²) >= 11 is 0. The van der Waals surface area contributed by atoms with Crippen LogP contribution in [0.3, 0.4) is 0 Å². The maximum Gasteiger partial charge on any atom is 0.455 e. The van der Waals surface area contributed by atoms with E-state index in [0.717, 1.165) is 41.0 Å². The third-order valence-corrected chi connectivity index (χ3v) is 8.33. The number of hydrogen-bond acceptors (Lipinski definition) is 8. The summed E-state index contributed by atoms with van der Waals surface area (Å²) in [5, 5.41) is 32.8. The number of phenolic OH excluding ortho intramolecular Hbond substituents is 1. The summed E-state index contributed by atoms with van der Waals surface area (Å²) in [6, 6.07) is 11.2. The van der Waals surface area contributed by atoms with Crippen molar-refractivity contribution in [3.05, 3.63) is 58.7 Å². The lowest BCUT2D eigenvalue weighted by atomic mass is 9.58. The summed E-state index contributed by atoms with van der Waals surface area (Å²) in [7, 11) is -0.0329. The number of imide groups is 3. The van der Waals surface area contributed by atoms with E-state index in [1.807, 2.05) is 30.3 Å². The molecule has 4 atom stereocenters. The highest BCUT2D eigenvalue weighted by Gasteiger charge is 2.59. The number of aromatic hydroxyl groups is 1. The van der Waals surface area contributed by atoms with Crippen molar-refractivity contribution in [2.24, 2.45) is 17.8 Å². The van der Waals surface area contributed by atoms with E-state index in [1.54, 1.807) is 6.07 Å². The minimum absolute atomic E-state index is 0.0977. The Morgan fingerprint density at radius 1 is 1.15 bits per heavy atom. The molecule has 0 spiro atoms. The molecule has 2 aromatic rings. The van der Waals surface area contributed by atoms with Crippen LogP contribution in [0.25, 0.3) is 16.8 Å². The fourth-order valence-corrected chi connectivity index (χ4v) is 6.50. The van der Waals surface area contributed by atoms with Crippen molar-refractivity contribution in [2.45, 2.75) is 45.0 Å². The van der Waals surface area contributed by atoms with Gasteiger partial charge in [-0.3, -0.25) is 9.59 Å². The molecule has 39 heavy (non-hydrogen) atoms. The van der Waals surface area contributed by atoms with Gasteiger partial charge >= 0.3 is 13.2 Å². The van der Waals surface area contributed by atoms with E-state index in [1.165, 1.54) is 0 Å². The fraction of sp³-hybridized carbons (Fsp3) is 0.414. The molecule has 2 aromatic carbocycles. The highest BCUT2D eigenvalue weighted by Crippen LogP contribution is 2.50. The number of carbonyl (C=O) groups excluding carboxylic acids is 3. The van der Waals surface area contributed by atoms with Gasteiger partial charge in [0.15, 0.2) is 0 Å². The number of ether oxygens (including phenoxy) is 1. The van der Waals surface area contributed by atoms with Crippen LogP contribution in [0.4, 0.5) is 4.79 Å². The summed E-state index contributed by atoms with van der Waals surface area (Å²) in [6.45, 7) is 1.75. The number of likely N-dealkylation sites (tertiary alicyclic amines) is 1. The zero-order valence-electron chi connectivity index (χ0n) is 22.0. The van der Waals surface area contributed by atoms with Gasteiger partial charge in [0.25, 0.3) is 0 Å². The van der Waals surface area contributed by atoms with Crippen molar-refractivity contribution in [1.29, 1.82) is 0 Å². The minimum Gasteiger partial charge on any atom is -0.507 e. The van der Waals surface area contributed by atoms with Gasteiger partial charge < -0.3 is 24.6 Å². The zero-order chi connectivity index (χ0) is 27.8. The molecule has 3 amide bonds. The van der Waals surface area contributed by atoms with Crippen molar-refractivity contribution in [2.75, 3.05) is 13.7 Å². The molecule has 0 aromatic heterocycles. The van der Waals surface area contributed by atoms with Crippen molar-refractivity contribution in [3.63, 3.8) is 0 Å². The van der Waals surface area contributed by atoms with Gasteiger partial charge in [-0.15, -0.1) is 0 Å². The Hall–Kier alpha value is -3.47. The van der Waals surface area contributed by atoms with Gasteiger partial charge in [0.2, 0.25) is 11.8 Å². The summed E-state index contributed by atoms with van der Waals surface area (Å²) in [4.78, 5) is 38.9. The lowest BCUT2D eigenvalue weighted by molar-refractivity contribution is -0.137. The lowest BCUT2D eigenvalue weighted by Gasteiger charge is -2.42. The molecule has 2 aliphatic heterocycles. The van der Waals surface area contributed by atoms with E-state index in [-0.39, 0.29) is 25.1 Å². The predicted octanol–water partition coefficient (Wildman–Crippen LogP) is 3.67. The van der Waals surface area contributed by atoms with Gasteiger partial charge in [-0.25, -0.2) is 4.79 Å². The Morgan fingerprint density at radius 2 is 1.90 bits per heavy atom. The molecule has 9 nitrogen and oxygen atoms in total. The first-order valence-electron chi connectivity index (χ1n) is 13.3. The number of amides is 3. The molecule has 204 valence electrons. The molecule has 0 bridgehead atoms. The third kappa shape index (κ3) is 4.77. The van der Waals surface area contributed by atoms with Crippen molar-refractivity contribution in [1.82, 2.24) is 4.90 Å². The quantitative estimate of drug-likeness (QED) is 0.291. The minimum atomic E-state index is -1.15. The SMILES string of the molecule is CC/C(=C\c1ccc(O)c2ccccc12)CC[C@H]1OB(O)C[C@H]2C1=C(CO)C[C@H]1C(=O)N(C(=O)OC)C(=O)[C@H]12. The number of aliphatic hydroxyl groups is 1. The van der Waals surface area contributed by atoms with Gasteiger partial charge in [-0.05, 0) is 66.1 Å². The van der Waals surface area contributed by atoms with Gasteiger partial charge in [0.1, 0.15) is 5.75 Å². The van der Waals surface area contributed by atoms with Crippen LogP contribution in [0.15, 0.2) is 53.1 Å². The van der Waals surface area contributed by atoms with Crippen LogP contribution in [-0.2, 0) is 19.0 Å². The molecule has 3 N–H and O–H groups in total. The number of benzene rings is 2. The molecule has 2 saturated heterocycles. The third-order valence-electron chi connectivity index (χ3n) is 8.33. The first kappa shape index (κ1) is 27.1. The molecule has 5 rings (SSSR count). The van der Waals surface area contributed by atoms with E-state index in [4.69, 9.17) is 4.65 Å². The number of rotatable bonds is 6. The smallest absolute Gasteiger partial charge is 0.455 e. The monoisotopic (exact) mass is 533 g/mol. The van der Waals surface area contributed by atoms with Crippen LogP contribution in [-0.4, -0.2) is 65.0 Å². The summed E-state index contributed by atoms with van der Waals surface area (Å²) in [5.41, 5.74) is 3.49. The maximum atomic E-state index is 13.2. The van der Waals surface area contributed by atoms with Crippen LogP contribution in [0, 0.1) is 17.8 Å². The number of fused-ring (bicyclic) bond motifs is 4. The van der Waals surface area contributed by atoms with E-state index in [2.05, 4.69) is 17.7 Å². The number of hydrogen-bond donors (Lipinski definition) is 3. The maximum absolute atomic E-state index is 13.2. The van der Waals surface area contributed by atoms with E-state index in [0.29, 0.717) is 23.3 Å². The number of allylic oxidation sites excluding steroid dienone is 1. The second-order valence-electron chi connectivity index (χ2n) is 10.4. The molecular formula is C29H32BNO8. The van der Waals surface area contributed by atoms with E-state index >= 15 is 0 Å². The standard InChI is InChI=1S/C29H32BNO8/c1-3-16(12-17-9-10-23(33)20-7-5-4-6-19(17)20)8-11-24-25-18(15-32)13-21-26(22(25)14-30(37)39-24)28(35)31(27(21)34)29(36)38-2/h4-7,9-10,12,21-22,24,26,32-33,37H,3,8,11,13-15H2,1-2H3/b16-12+/t21-,22+,24-,26-/m1/s1. The van der Waals surface area contributed by atoms with Crippen LogP contribution in [0.1, 0.15) is 38.2 Å². The Bertz CT molecular complexity index is 1380. The molecule has 2 heterocycles. The average Bonchev–Trinajstić information content (AvgIpc) is 3.20. The molecule has 0 radical (unpaired) electrons. The highest BCUT2D eigenvalue weighted by atomic mass is 16.5. The normalized spacial score (nSPS) is 25.3. The van der Waals surface area contributed by atoms with Crippen LogP contribution in [0.5, 0.6) is 5.75 Å². The Morgan fingerprint density at radius 3 is 2.59 bits per heavy atom. The van der Waals surface area contributed by atoms with Gasteiger partial charge in [-0.2, -0.15) is 4.90 Å². The van der Waals surface area contributed by atoms with Crippen LogP contribution < -0.4 is 0 Å². The molecule has 1 aliphatic carbocycles. The van der Waals surface area contributed by atoms with Crippen molar-refractivity contribution < 1.29 is 39.0 Å². The number of nitrogens with zero attached hydrogens (tertiary/aromatic N) is 1. The highest BCUT2D eigenvalue weighted by molar-refractivity contribution is 6.43. The Labute approximate surface area is 226 Å². The first-order valence-corrected chi connectivity index (χ1v) is 13.3. The van der Waals surface area contributed by atoms with Gasteiger partial charge in [0, 0.05) is 5.39 Å². The van der Waals surface area contributed by atoms with Gasteiger partial charge in [-0.1, -0.05) is 48.9 Å². The van der Waals surface area contributed by atoms with Crippen LogP contribution in [0.2, 0.25) is 6.32 Å². The van der Waals surface area contributed by atoms with Gasteiger partial charge in [0.05, 0.1) is 31.7 Å². The Balaban J connectivity index is 1.43. The molecule has 3 aliphatic rings. The van der Waals surface area contributed by atoms with E-state index < -0.39 is 48.9 Å². The molecule has 10 heteroatoms. The molecule has 0 unspecified atom stereocenters. The van der Waals surface area contributed by atoms with E-state index in [9.17, 15) is 29.6 Å². The summed E-state index contributed by atoms with van der Waals surface area (Å²) in [5.74, 6) is -3.16. The molecule has 0 saturated carbocycles. The summed E-state index contributed by atoms with van der Waals surface area (Å²) in [6.07, 6.45) is 2.68. The predicted molar refractivity (Wildman–Crippen MR) is 144 cm³/mol.